The summed E-state index contributed by atoms with van der Waals surface area (Å²) in [5.41, 5.74) is 1.75. The molecule has 0 saturated carbocycles. The topological polar surface area (TPSA) is 87.2 Å². The number of carbonyl (C=O) groups excluding carboxylic acids is 2. The van der Waals surface area contributed by atoms with Gasteiger partial charge in [0.15, 0.2) is 0 Å². The molecule has 3 heterocycles. The molecule has 2 N–H and O–H groups in total. The van der Waals surface area contributed by atoms with Crippen LogP contribution in [-0.4, -0.2) is 41.4 Å². The zero-order chi connectivity index (χ0) is 16.9. The van der Waals surface area contributed by atoms with E-state index in [9.17, 15) is 9.59 Å². The van der Waals surface area contributed by atoms with Gasteiger partial charge in [-0.1, -0.05) is 0 Å². The molecule has 2 aliphatic heterocycles. The smallest absolute Gasteiger partial charge is 0.225 e. The number of carbonyl (C=O) groups is 2. The molecule has 2 aliphatic rings. The molecular weight excluding hydrogens is 306 g/mol. The van der Waals surface area contributed by atoms with Gasteiger partial charge in [-0.25, -0.2) is 9.97 Å². The molecule has 1 atom stereocenters. The molecule has 0 bridgehead atoms. The molecule has 0 aliphatic carbocycles. The number of rotatable bonds is 4. The van der Waals surface area contributed by atoms with Gasteiger partial charge in [0.25, 0.3) is 0 Å². The largest absolute Gasteiger partial charge is 0.355 e. The van der Waals surface area contributed by atoms with Crippen LogP contribution in [0.5, 0.6) is 0 Å². The van der Waals surface area contributed by atoms with Gasteiger partial charge in [0, 0.05) is 31.7 Å². The minimum Gasteiger partial charge on any atom is -0.355 e. The minimum absolute atomic E-state index is 0.0224. The van der Waals surface area contributed by atoms with E-state index in [1.807, 2.05) is 13.0 Å². The predicted molar refractivity (Wildman–Crippen MR) is 90.4 cm³/mol. The van der Waals surface area contributed by atoms with Gasteiger partial charge in [-0.2, -0.15) is 0 Å². The van der Waals surface area contributed by atoms with E-state index in [0.29, 0.717) is 25.9 Å². The van der Waals surface area contributed by atoms with Gasteiger partial charge in [-0.3, -0.25) is 9.59 Å². The van der Waals surface area contributed by atoms with Crippen LogP contribution in [0.15, 0.2) is 6.07 Å². The van der Waals surface area contributed by atoms with Gasteiger partial charge >= 0.3 is 0 Å². The van der Waals surface area contributed by atoms with Crippen molar-refractivity contribution in [1.29, 1.82) is 0 Å². The first-order chi connectivity index (χ1) is 11.6. The van der Waals surface area contributed by atoms with Crippen LogP contribution in [0.2, 0.25) is 0 Å². The molecule has 2 saturated heterocycles. The lowest BCUT2D eigenvalue weighted by Gasteiger charge is -2.27. The Kier molecular flexibility index (Phi) is 5.27. The van der Waals surface area contributed by atoms with Gasteiger partial charge in [-0.05, 0) is 38.7 Å². The fourth-order valence-corrected chi connectivity index (χ4v) is 3.22. The molecular formula is C17H25N5O2. The highest BCUT2D eigenvalue weighted by atomic mass is 16.2. The third-order valence-electron chi connectivity index (χ3n) is 4.61. The van der Waals surface area contributed by atoms with Crippen molar-refractivity contribution in [2.75, 3.05) is 24.5 Å². The van der Waals surface area contributed by atoms with E-state index in [2.05, 4.69) is 25.5 Å². The summed E-state index contributed by atoms with van der Waals surface area (Å²) in [6.07, 6.45) is 4.65. The monoisotopic (exact) mass is 331 g/mol. The zero-order valence-electron chi connectivity index (χ0n) is 14.2. The summed E-state index contributed by atoms with van der Waals surface area (Å²) in [6, 6.07) is 1.91. The maximum Gasteiger partial charge on any atom is 0.225 e. The Morgan fingerprint density at radius 2 is 2.12 bits per heavy atom. The van der Waals surface area contributed by atoms with Crippen molar-refractivity contribution in [3.63, 3.8) is 0 Å². The molecule has 24 heavy (non-hydrogen) atoms. The van der Waals surface area contributed by atoms with Crippen LogP contribution >= 0.6 is 0 Å². The van der Waals surface area contributed by atoms with Crippen LogP contribution in [0.1, 0.15) is 43.5 Å². The number of hydrogen-bond acceptors (Lipinski definition) is 5. The molecule has 2 fully saturated rings. The van der Waals surface area contributed by atoms with Gasteiger partial charge in [-0.15, -0.1) is 0 Å². The quantitative estimate of drug-likeness (QED) is 0.856. The third-order valence-corrected chi connectivity index (χ3v) is 4.61. The summed E-state index contributed by atoms with van der Waals surface area (Å²) < 4.78 is 0. The fourth-order valence-electron chi connectivity index (χ4n) is 3.22. The maximum atomic E-state index is 12.2. The molecule has 7 heteroatoms. The van der Waals surface area contributed by atoms with Crippen molar-refractivity contribution in [2.24, 2.45) is 5.92 Å². The highest BCUT2D eigenvalue weighted by molar-refractivity contribution is 5.83. The van der Waals surface area contributed by atoms with Crippen molar-refractivity contribution < 1.29 is 9.59 Å². The summed E-state index contributed by atoms with van der Waals surface area (Å²) in [5.74, 6) is 0.624. The van der Waals surface area contributed by atoms with Gasteiger partial charge in [0.2, 0.25) is 17.8 Å². The minimum atomic E-state index is -0.146. The van der Waals surface area contributed by atoms with Crippen molar-refractivity contribution in [2.45, 2.75) is 45.6 Å². The summed E-state index contributed by atoms with van der Waals surface area (Å²) in [5, 5.41) is 5.68. The standard InChI is InChI=1S/C17H25N5O2/c1-12-9-14(21-17(20-12)22-7-3-2-4-8-22)11-19-16(24)13-5-6-15(23)18-10-13/h9,13H,2-8,10-11H2,1H3,(H,18,23)(H,19,24). The maximum absolute atomic E-state index is 12.2. The Balaban J connectivity index is 1.59. The van der Waals surface area contributed by atoms with Gasteiger partial charge in [0.05, 0.1) is 18.2 Å². The van der Waals surface area contributed by atoms with E-state index in [0.717, 1.165) is 30.4 Å². The first-order valence-electron chi connectivity index (χ1n) is 8.76. The fraction of sp³-hybridized carbons (Fsp3) is 0.647. The second-order valence-corrected chi connectivity index (χ2v) is 6.61. The molecule has 1 unspecified atom stereocenters. The average molecular weight is 331 g/mol. The van der Waals surface area contributed by atoms with E-state index in [-0.39, 0.29) is 17.7 Å². The van der Waals surface area contributed by atoms with E-state index in [1.165, 1.54) is 19.3 Å². The van der Waals surface area contributed by atoms with E-state index < -0.39 is 0 Å². The van der Waals surface area contributed by atoms with Crippen LogP contribution in [0, 0.1) is 12.8 Å². The highest BCUT2D eigenvalue weighted by Gasteiger charge is 2.24. The van der Waals surface area contributed by atoms with Crippen molar-refractivity contribution in [3.05, 3.63) is 17.5 Å². The number of nitrogens with one attached hydrogen (secondary N) is 2. The number of piperidine rings is 2. The molecule has 1 aromatic heterocycles. The zero-order valence-corrected chi connectivity index (χ0v) is 14.2. The first-order valence-corrected chi connectivity index (χ1v) is 8.76. The summed E-state index contributed by atoms with van der Waals surface area (Å²) in [6.45, 7) is 4.77. The second-order valence-electron chi connectivity index (χ2n) is 6.61. The number of nitrogens with zero attached hydrogens (tertiary/aromatic N) is 3. The van der Waals surface area contributed by atoms with E-state index in [1.54, 1.807) is 0 Å². The van der Waals surface area contributed by atoms with Crippen LogP contribution in [0.3, 0.4) is 0 Å². The SMILES string of the molecule is Cc1cc(CNC(=O)C2CCC(=O)NC2)nc(N2CCCCC2)n1. The summed E-state index contributed by atoms with van der Waals surface area (Å²) >= 11 is 0. The Morgan fingerprint density at radius 3 is 2.83 bits per heavy atom. The molecule has 130 valence electrons. The Bertz CT molecular complexity index is 603. The van der Waals surface area contributed by atoms with Crippen LogP contribution in [-0.2, 0) is 16.1 Å². The van der Waals surface area contributed by atoms with Crippen molar-refractivity contribution in [1.82, 2.24) is 20.6 Å². The molecule has 2 amide bonds. The van der Waals surface area contributed by atoms with Gasteiger partial charge in [0.1, 0.15) is 0 Å². The van der Waals surface area contributed by atoms with Crippen molar-refractivity contribution >= 4 is 17.8 Å². The number of aryl methyl sites for hydroxylation is 1. The lowest BCUT2D eigenvalue weighted by molar-refractivity contribution is -0.129. The van der Waals surface area contributed by atoms with Crippen molar-refractivity contribution in [3.8, 4) is 0 Å². The van der Waals surface area contributed by atoms with Crippen LogP contribution in [0.25, 0.3) is 0 Å². The number of anilines is 1. The van der Waals surface area contributed by atoms with E-state index in [4.69, 9.17) is 0 Å². The third kappa shape index (κ3) is 4.21. The average Bonchev–Trinajstić information content (AvgIpc) is 2.60. The molecule has 0 radical (unpaired) electrons. The molecule has 3 rings (SSSR count). The highest BCUT2D eigenvalue weighted by Crippen LogP contribution is 2.17. The number of amides is 2. The Morgan fingerprint density at radius 1 is 1.33 bits per heavy atom. The number of aromatic nitrogens is 2. The summed E-state index contributed by atoms with van der Waals surface area (Å²) in [7, 11) is 0. The van der Waals surface area contributed by atoms with Crippen LogP contribution in [0.4, 0.5) is 5.95 Å². The van der Waals surface area contributed by atoms with Gasteiger partial charge < -0.3 is 15.5 Å². The lowest BCUT2D eigenvalue weighted by atomic mass is 9.98. The number of hydrogen-bond donors (Lipinski definition) is 2. The van der Waals surface area contributed by atoms with Crippen LogP contribution < -0.4 is 15.5 Å². The predicted octanol–water partition coefficient (Wildman–Crippen LogP) is 0.918. The lowest BCUT2D eigenvalue weighted by Crippen LogP contribution is -2.42. The molecule has 1 aromatic rings. The molecule has 7 nitrogen and oxygen atoms in total. The summed E-state index contributed by atoms with van der Waals surface area (Å²) in [4.78, 5) is 34.8. The normalized spacial score (nSPS) is 21.3. The molecule has 0 aromatic carbocycles. The Hall–Kier alpha value is -2.18. The Labute approximate surface area is 142 Å². The van der Waals surface area contributed by atoms with E-state index >= 15 is 0 Å². The second kappa shape index (κ2) is 7.59. The molecule has 0 spiro atoms. The first kappa shape index (κ1) is 16.7.